The van der Waals surface area contributed by atoms with Crippen LogP contribution in [0.25, 0.3) is 10.2 Å². The van der Waals surface area contributed by atoms with Crippen molar-refractivity contribution >= 4 is 33.1 Å². The number of hydrogen-bond donors (Lipinski definition) is 1. The molecule has 1 N–H and O–H groups in total. The van der Waals surface area contributed by atoms with Gasteiger partial charge >= 0.3 is 0 Å². The Labute approximate surface area is 142 Å². The Morgan fingerprint density at radius 1 is 1.17 bits per heavy atom. The van der Waals surface area contributed by atoms with Crippen LogP contribution in [-0.2, 0) is 6.42 Å². The monoisotopic (exact) mass is 341 g/mol. The summed E-state index contributed by atoms with van der Waals surface area (Å²) in [6, 6.07) is 13.6. The fraction of sp³-hybridized carbons (Fsp3) is 0.176. The Morgan fingerprint density at radius 3 is 2.62 bits per heavy atom. The van der Waals surface area contributed by atoms with Crippen LogP contribution in [0.4, 0.5) is 5.69 Å². The molecule has 0 atom stereocenters. The van der Waals surface area contributed by atoms with Crippen LogP contribution < -0.4 is 5.32 Å². The van der Waals surface area contributed by atoms with Crippen LogP contribution in [0.1, 0.15) is 21.8 Å². The van der Waals surface area contributed by atoms with Crippen LogP contribution in [-0.4, -0.2) is 22.4 Å². The number of rotatable bonds is 6. The first-order chi connectivity index (χ1) is 11.6. The van der Waals surface area contributed by atoms with Crippen molar-refractivity contribution in [1.29, 1.82) is 0 Å². The molecule has 7 heteroatoms. The number of carbonyl (C=O) groups is 1. The van der Waals surface area contributed by atoms with Crippen molar-refractivity contribution in [2.45, 2.75) is 12.8 Å². The van der Waals surface area contributed by atoms with Gasteiger partial charge in [0.05, 0.1) is 20.1 Å². The van der Waals surface area contributed by atoms with Gasteiger partial charge in [-0.2, -0.15) is 0 Å². The van der Waals surface area contributed by atoms with E-state index >= 15 is 0 Å². The second kappa shape index (κ2) is 7.18. The molecule has 0 spiro atoms. The minimum atomic E-state index is -0.486. The molecule has 3 rings (SSSR count). The predicted octanol–water partition coefficient (Wildman–Crippen LogP) is 3.57. The summed E-state index contributed by atoms with van der Waals surface area (Å²) in [5.74, 6) is -0.228. The number of amides is 1. The van der Waals surface area contributed by atoms with Gasteiger partial charge in [0.2, 0.25) is 0 Å². The highest BCUT2D eigenvalue weighted by atomic mass is 32.1. The number of fused-ring (bicyclic) bond motifs is 1. The maximum absolute atomic E-state index is 12.0. The Bertz CT molecular complexity index is 841. The second-order valence-electron chi connectivity index (χ2n) is 5.24. The number of para-hydroxylation sites is 1. The fourth-order valence-corrected chi connectivity index (χ4v) is 3.31. The third kappa shape index (κ3) is 3.75. The SMILES string of the molecule is O=C(NCCCc1nc2ccccc2s1)c1ccc([N+](=O)[O-])cc1. The highest BCUT2D eigenvalue weighted by molar-refractivity contribution is 7.18. The van der Waals surface area contributed by atoms with Crippen molar-refractivity contribution in [1.82, 2.24) is 10.3 Å². The van der Waals surface area contributed by atoms with Crippen molar-refractivity contribution in [3.8, 4) is 0 Å². The quantitative estimate of drug-likeness (QED) is 0.422. The number of nitrogens with zero attached hydrogens (tertiary/aromatic N) is 2. The van der Waals surface area contributed by atoms with Gasteiger partial charge in [-0.3, -0.25) is 14.9 Å². The van der Waals surface area contributed by atoms with Crippen LogP contribution in [0.3, 0.4) is 0 Å². The number of thiazole rings is 1. The van der Waals surface area contributed by atoms with E-state index in [1.807, 2.05) is 24.3 Å². The van der Waals surface area contributed by atoms with E-state index < -0.39 is 4.92 Å². The highest BCUT2D eigenvalue weighted by Gasteiger charge is 2.09. The Hall–Kier alpha value is -2.80. The first-order valence-electron chi connectivity index (χ1n) is 7.50. The van der Waals surface area contributed by atoms with Crippen LogP contribution in [0.5, 0.6) is 0 Å². The van der Waals surface area contributed by atoms with Gasteiger partial charge in [0.25, 0.3) is 11.6 Å². The molecule has 0 unspecified atom stereocenters. The molecule has 0 radical (unpaired) electrons. The molecule has 24 heavy (non-hydrogen) atoms. The van der Waals surface area contributed by atoms with E-state index in [1.165, 1.54) is 29.0 Å². The summed E-state index contributed by atoms with van der Waals surface area (Å²) in [6.45, 7) is 0.533. The van der Waals surface area contributed by atoms with E-state index in [0.29, 0.717) is 12.1 Å². The summed E-state index contributed by atoms with van der Waals surface area (Å²) in [5.41, 5.74) is 1.40. The molecule has 0 fully saturated rings. The van der Waals surface area contributed by atoms with Crippen LogP contribution >= 0.6 is 11.3 Å². The lowest BCUT2D eigenvalue weighted by Gasteiger charge is -2.04. The molecule has 0 bridgehead atoms. The van der Waals surface area contributed by atoms with Gasteiger partial charge in [0.1, 0.15) is 0 Å². The third-order valence-corrected chi connectivity index (χ3v) is 4.63. The van der Waals surface area contributed by atoms with E-state index in [2.05, 4.69) is 10.3 Å². The molecular formula is C17H15N3O3S. The summed E-state index contributed by atoms with van der Waals surface area (Å²) in [5, 5.41) is 14.5. The number of aromatic nitrogens is 1. The lowest BCUT2D eigenvalue weighted by molar-refractivity contribution is -0.384. The van der Waals surface area contributed by atoms with E-state index in [-0.39, 0.29) is 11.6 Å². The van der Waals surface area contributed by atoms with E-state index in [0.717, 1.165) is 23.4 Å². The van der Waals surface area contributed by atoms with Crippen molar-refractivity contribution in [2.24, 2.45) is 0 Å². The zero-order valence-electron chi connectivity index (χ0n) is 12.8. The fourth-order valence-electron chi connectivity index (χ4n) is 2.30. The zero-order chi connectivity index (χ0) is 16.9. The van der Waals surface area contributed by atoms with E-state index in [1.54, 1.807) is 11.3 Å². The molecule has 6 nitrogen and oxygen atoms in total. The molecule has 2 aromatic carbocycles. The lowest BCUT2D eigenvalue weighted by atomic mass is 10.2. The molecule has 1 aromatic heterocycles. The molecule has 1 amide bonds. The number of nitrogens with one attached hydrogen (secondary N) is 1. The molecule has 0 aliphatic rings. The van der Waals surface area contributed by atoms with E-state index in [9.17, 15) is 14.9 Å². The highest BCUT2D eigenvalue weighted by Crippen LogP contribution is 2.22. The van der Waals surface area contributed by atoms with Crippen LogP contribution in [0, 0.1) is 10.1 Å². The molecule has 1 heterocycles. The number of aryl methyl sites for hydroxylation is 1. The molecule has 0 aliphatic heterocycles. The number of nitro benzene ring substituents is 1. The minimum absolute atomic E-state index is 0.0256. The molecule has 0 saturated heterocycles. The first kappa shape index (κ1) is 16.1. The molecule has 3 aromatic rings. The second-order valence-corrected chi connectivity index (χ2v) is 6.35. The lowest BCUT2D eigenvalue weighted by Crippen LogP contribution is -2.24. The number of nitro groups is 1. The molecule has 0 saturated carbocycles. The average molecular weight is 341 g/mol. The van der Waals surface area contributed by atoms with Crippen LogP contribution in [0.15, 0.2) is 48.5 Å². The van der Waals surface area contributed by atoms with Gasteiger partial charge in [-0.1, -0.05) is 12.1 Å². The van der Waals surface area contributed by atoms with Crippen molar-refractivity contribution in [3.05, 3.63) is 69.2 Å². The largest absolute Gasteiger partial charge is 0.352 e. The van der Waals surface area contributed by atoms with Gasteiger partial charge < -0.3 is 5.32 Å². The molecular weight excluding hydrogens is 326 g/mol. The smallest absolute Gasteiger partial charge is 0.269 e. The van der Waals surface area contributed by atoms with Gasteiger partial charge in [-0.25, -0.2) is 4.98 Å². The van der Waals surface area contributed by atoms with Crippen molar-refractivity contribution < 1.29 is 9.72 Å². The van der Waals surface area contributed by atoms with E-state index in [4.69, 9.17) is 0 Å². The molecule has 0 aliphatic carbocycles. The van der Waals surface area contributed by atoms with Crippen molar-refractivity contribution in [3.63, 3.8) is 0 Å². The summed E-state index contributed by atoms with van der Waals surface area (Å²) in [6.07, 6.45) is 1.60. The Kier molecular flexibility index (Phi) is 4.81. The normalized spacial score (nSPS) is 10.7. The van der Waals surface area contributed by atoms with Gasteiger partial charge in [0, 0.05) is 30.7 Å². The summed E-state index contributed by atoms with van der Waals surface area (Å²) >= 11 is 1.67. The summed E-state index contributed by atoms with van der Waals surface area (Å²) in [7, 11) is 0. The van der Waals surface area contributed by atoms with Gasteiger partial charge in [-0.05, 0) is 30.7 Å². The Morgan fingerprint density at radius 2 is 1.92 bits per heavy atom. The average Bonchev–Trinajstić information content (AvgIpc) is 3.01. The van der Waals surface area contributed by atoms with Gasteiger partial charge in [-0.15, -0.1) is 11.3 Å². The molecule has 122 valence electrons. The number of hydrogen-bond acceptors (Lipinski definition) is 5. The standard InChI is InChI=1S/C17H15N3O3S/c21-17(12-7-9-13(10-8-12)20(22)23)18-11-3-6-16-19-14-4-1-2-5-15(14)24-16/h1-2,4-5,7-10H,3,6,11H2,(H,18,21). The summed E-state index contributed by atoms with van der Waals surface area (Å²) in [4.78, 5) is 26.6. The summed E-state index contributed by atoms with van der Waals surface area (Å²) < 4.78 is 1.17. The number of benzene rings is 2. The van der Waals surface area contributed by atoms with Crippen molar-refractivity contribution in [2.75, 3.05) is 6.54 Å². The van der Waals surface area contributed by atoms with Gasteiger partial charge in [0.15, 0.2) is 0 Å². The maximum Gasteiger partial charge on any atom is 0.269 e. The van der Waals surface area contributed by atoms with Crippen LogP contribution in [0.2, 0.25) is 0 Å². The maximum atomic E-state index is 12.0. The predicted molar refractivity (Wildman–Crippen MR) is 93.4 cm³/mol. The number of carbonyl (C=O) groups excluding carboxylic acids is 1. The third-order valence-electron chi connectivity index (χ3n) is 3.53. The Balaban J connectivity index is 1.48. The first-order valence-corrected chi connectivity index (χ1v) is 8.32. The zero-order valence-corrected chi connectivity index (χ0v) is 13.6. The number of non-ortho nitro benzene ring substituents is 1. The topological polar surface area (TPSA) is 85.1 Å². The minimum Gasteiger partial charge on any atom is -0.352 e.